The van der Waals surface area contributed by atoms with Crippen molar-refractivity contribution in [3.05, 3.63) is 22.4 Å². The third-order valence-electron chi connectivity index (χ3n) is 3.74. The van der Waals surface area contributed by atoms with E-state index in [1.807, 2.05) is 17.5 Å². The molecule has 0 aliphatic heterocycles. The van der Waals surface area contributed by atoms with Crippen LogP contribution in [0.1, 0.15) is 30.6 Å². The normalized spacial score (nSPS) is 23.2. The van der Waals surface area contributed by atoms with E-state index in [1.54, 1.807) is 11.3 Å². The van der Waals surface area contributed by atoms with Gasteiger partial charge in [0.15, 0.2) is 0 Å². The van der Waals surface area contributed by atoms with E-state index in [0.29, 0.717) is 18.9 Å². The molecule has 4 nitrogen and oxygen atoms in total. The van der Waals surface area contributed by atoms with Crippen molar-refractivity contribution in [3.8, 4) is 0 Å². The molecule has 0 aromatic carbocycles. The first-order valence-corrected chi connectivity index (χ1v) is 9.36. The molecular weight excluding hydrogens is 316 g/mol. The van der Waals surface area contributed by atoms with Crippen LogP contribution in [-0.2, 0) is 16.4 Å². The van der Waals surface area contributed by atoms with Crippen molar-refractivity contribution >= 4 is 33.8 Å². The first kappa shape index (κ1) is 17.9. The Morgan fingerprint density at radius 1 is 1.35 bits per heavy atom. The molecule has 1 heterocycles. The zero-order valence-corrected chi connectivity index (χ0v) is 13.9. The fraction of sp³-hybridized carbons (Fsp3) is 0.692. The fourth-order valence-electron chi connectivity index (χ4n) is 2.62. The summed E-state index contributed by atoms with van der Waals surface area (Å²) < 4.78 is 27.1. The molecular formula is C13H23ClN2O2S2. The summed E-state index contributed by atoms with van der Waals surface area (Å²) in [6, 6.07) is 3.96. The van der Waals surface area contributed by atoms with E-state index in [4.69, 9.17) is 5.73 Å². The molecule has 20 heavy (non-hydrogen) atoms. The van der Waals surface area contributed by atoms with Gasteiger partial charge in [0, 0.05) is 10.9 Å². The van der Waals surface area contributed by atoms with Crippen molar-refractivity contribution in [3.63, 3.8) is 0 Å². The maximum Gasteiger partial charge on any atom is 0.212 e. The second-order valence-corrected chi connectivity index (χ2v) is 8.06. The quantitative estimate of drug-likeness (QED) is 0.834. The Hall–Kier alpha value is -0.140. The highest BCUT2D eigenvalue weighted by molar-refractivity contribution is 7.89. The van der Waals surface area contributed by atoms with Gasteiger partial charge in [0.25, 0.3) is 0 Å². The average molecular weight is 339 g/mol. The minimum absolute atomic E-state index is 0. The number of hydrogen-bond donors (Lipinski definition) is 2. The van der Waals surface area contributed by atoms with E-state index in [9.17, 15) is 8.42 Å². The zero-order chi connectivity index (χ0) is 13.7. The summed E-state index contributed by atoms with van der Waals surface area (Å²) in [6.45, 7) is 0.568. The van der Waals surface area contributed by atoms with Gasteiger partial charge in [0.05, 0.1) is 5.75 Å². The summed E-state index contributed by atoms with van der Waals surface area (Å²) in [5.41, 5.74) is 5.73. The Morgan fingerprint density at radius 3 is 2.75 bits per heavy atom. The molecule has 2 atom stereocenters. The number of rotatable bonds is 6. The third-order valence-corrected chi connectivity index (χ3v) is 6.08. The van der Waals surface area contributed by atoms with Crippen LogP contribution in [0, 0.1) is 5.92 Å². The van der Waals surface area contributed by atoms with Crippen molar-refractivity contribution in [2.45, 2.75) is 38.1 Å². The van der Waals surface area contributed by atoms with Gasteiger partial charge in [0.2, 0.25) is 10.0 Å². The van der Waals surface area contributed by atoms with Gasteiger partial charge in [-0.3, -0.25) is 0 Å². The van der Waals surface area contributed by atoms with E-state index < -0.39 is 10.0 Å². The van der Waals surface area contributed by atoms with Crippen LogP contribution in [0.4, 0.5) is 0 Å². The third kappa shape index (κ3) is 5.33. The second kappa shape index (κ2) is 8.34. The molecule has 1 saturated carbocycles. The number of nitrogens with one attached hydrogen (secondary N) is 1. The highest BCUT2D eigenvalue weighted by atomic mass is 35.5. The maximum atomic E-state index is 12.1. The number of hydrogen-bond acceptors (Lipinski definition) is 4. The molecule has 7 heteroatoms. The molecule has 0 spiro atoms. The lowest BCUT2D eigenvalue weighted by atomic mass is 9.85. The van der Waals surface area contributed by atoms with Crippen LogP contribution in [0.3, 0.4) is 0 Å². The van der Waals surface area contributed by atoms with Gasteiger partial charge in [-0.15, -0.1) is 23.7 Å². The van der Waals surface area contributed by atoms with E-state index >= 15 is 0 Å². The number of halogens is 1. The van der Waals surface area contributed by atoms with Crippen molar-refractivity contribution in [2.24, 2.45) is 11.7 Å². The van der Waals surface area contributed by atoms with E-state index in [-0.39, 0.29) is 24.2 Å². The van der Waals surface area contributed by atoms with Crippen molar-refractivity contribution in [1.29, 1.82) is 0 Å². The van der Waals surface area contributed by atoms with Gasteiger partial charge >= 0.3 is 0 Å². The molecule has 0 bridgehead atoms. The number of sulfonamides is 1. The van der Waals surface area contributed by atoms with Crippen molar-refractivity contribution in [1.82, 2.24) is 4.72 Å². The van der Waals surface area contributed by atoms with Crippen LogP contribution >= 0.6 is 23.7 Å². The van der Waals surface area contributed by atoms with Crippen molar-refractivity contribution in [2.75, 3.05) is 12.3 Å². The fourth-order valence-corrected chi connectivity index (χ4v) is 4.84. The monoisotopic (exact) mass is 338 g/mol. The second-order valence-electron chi connectivity index (χ2n) is 5.15. The van der Waals surface area contributed by atoms with E-state index in [2.05, 4.69) is 4.72 Å². The molecule has 1 aliphatic carbocycles. The molecule has 0 radical (unpaired) electrons. The molecule has 3 N–H and O–H groups in total. The van der Waals surface area contributed by atoms with Crippen LogP contribution in [0.2, 0.25) is 0 Å². The van der Waals surface area contributed by atoms with Gasteiger partial charge < -0.3 is 5.73 Å². The van der Waals surface area contributed by atoms with Gasteiger partial charge in [0.1, 0.15) is 0 Å². The predicted octanol–water partition coefficient (Wildman–Crippen LogP) is 2.15. The largest absolute Gasteiger partial charge is 0.330 e. The Kier molecular flexibility index (Phi) is 7.47. The minimum atomic E-state index is -3.20. The summed E-state index contributed by atoms with van der Waals surface area (Å²) in [5, 5.41) is 1.97. The minimum Gasteiger partial charge on any atom is -0.330 e. The maximum absolute atomic E-state index is 12.1. The van der Waals surface area contributed by atoms with Crippen LogP contribution in [-0.4, -0.2) is 26.8 Å². The predicted molar refractivity (Wildman–Crippen MR) is 87.0 cm³/mol. The smallest absolute Gasteiger partial charge is 0.212 e. The average Bonchev–Trinajstić information content (AvgIpc) is 2.90. The highest BCUT2D eigenvalue weighted by Crippen LogP contribution is 2.24. The Morgan fingerprint density at radius 2 is 2.10 bits per heavy atom. The zero-order valence-electron chi connectivity index (χ0n) is 11.5. The lowest BCUT2D eigenvalue weighted by Crippen LogP contribution is -2.45. The summed E-state index contributed by atoms with van der Waals surface area (Å²) >= 11 is 1.60. The molecule has 0 amide bonds. The Bertz CT molecular complexity index is 477. The summed E-state index contributed by atoms with van der Waals surface area (Å²) in [7, 11) is -3.20. The molecule has 0 saturated heterocycles. The number of aryl methyl sites for hydroxylation is 1. The van der Waals surface area contributed by atoms with Crippen LogP contribution in [0.15, 0.2) is 17.5 Å². The highest BCUT2D eigenvalue weighted by Gasteiger charge is 2.27. The topological polar surface area (TPSA) is 72.2 Å². The van der Waals surface area contributed by atoms with Gasteiger partial charge in [-0.05, 0) is 43.2 Å². The summed E-state index contributed by atoms with van der Waals surface area (Å²) in [4.78, 5) is 1.12. The lowest BCUT2D eigenvalue weighted by molar-refractivity contribution is 0.296. The van der Waals surface area contributed by atoms with Crippen LogP contribution in [0.5, 0.6) is 0 Å². The van der Waals surface area contributed by atoms with E-state index in [0.717, 1.165) is 30.6 Å². The van der Waals surface area contributed by atoms with Crippen molar-refractivity contribution < 1.29 is 8.42 Å². The lowest BCUT2D eigenvalue weighted by Gasteiger charge is -2.31. The Balaban J connectivity index is 0.00000200. The SMILES string of the molecule is Cl.NCC1CCCCC1NS(=O)(=O)CCc1cccs1. The number of thiophene rings is 1. The standard InChI is InChI=1S/C13H22N2O2S2.ClH/c14-10-11-4-1-2-6-13(11)15-19(16,17)9-7-12-5-3-8-18-12;/h3,5,8,11,13,15H,1-2,4,6-7,9-10,14H2;1H. The van der Waals surface area contributed by atoms with Crippen LogP contribution < -0.4 is 10.5 Å². The van der Waals surface area contributed by atoms with Gasteiger partial charge in [-0.1, -0.05) is 18.9 Å². The van der Waals surface area contributed by atoms with Gasteiger partial charge in [-0.2, -0.15) is 0 Å². The van der Waals surface area contributed by atoms with E-state index in [1.165, 1.54) is 0 Å². The molecule has 2 rings (SSSR count). The van der Waals surface area contributed by atoms with Gasteiger partial charge in [-0.25, -0.2) is 13.1 Å². The first-order valence-electron chi connectivity index (χ1n) is 6.83. The molecule has 2 unspecified atom stereocenters. The number of nitrogens with two attached hydrogens (primary N) is 1. The first-order chi connectivity index (χ1) is 9.11. The molecule has 1 aromatic rings. The summed E-state index contributed by atoms with van der Waals surface area (Å²) in [5.74, 6) is 0.465. The summed E-state index contributed by atoms with van der Waals surface area (Å²) in [6.07, 6.45) is 4.80. The van der Waals surface area contributed by atoms with Crippen LogP contribution in [0.25, 0.3) is 0 Å². The molecule has 1 fully saturated rings. The molecule has 1 aliphatic rings. The Labute approximate surface area is 131 Å². The molecule has 1 aromatic heterocycles. The molecule has 116 valence electrons.